The highest BCUT2D eigenvalue weighted by Crippen LogP contribution is 2.11. The average Bonchev–Trinajstić information content (AvgIpc) is 2.98. The molecule has 0 atom stereocenters. The number of nitrogens with one attached hydrogen (secondary N) is 2. The van der Waals surface area contributed by atoms with Gasteiger partial charge in [0.2, 0.25) is 5.91 Å². The Morgan fingerprint density at radius 2 is 1.90 bits per heavy atom. The molecule has 0 aliphatic heterocycles. The molecule has 0 saturated carbocycles. The Bertz CT molecular complexity index is 574. The fourth-order valence-electron chi connectivity index (χ4n) is 1.76. The summed E-state index contributed by atoms with van der Waals surface area (Å²) in [6, 6.07) is 10.4. The lowest BCUT2D eigenvalue weighted by Crippen LogP contribution is -2.17. The zero-order chi connectivity index (χ0) is 14.4. The van der Waals surface area contributed by atoms with Crippen molar-refractivity contribution in [3.63, 3.8) is 0 Å². The highest BCUT2D eigenvalue weighted by Gasteiger charge is 2.06. The molecule has 2 N–H and O–H groups in total. The molecule has 20 heavy (non-hydrogen) atoms. The van der Waals surface area contributed by atoms with Crippen molar-refractivity contribution in [2.75, 3.05) is 12.4 Å². The maximum atomic E-state index is 11.8. The van der Waals surface area contributed by atoms with E-state index in [2.05, 4.69) is 10.6 Å². The van der Waals surface area contributed by atoms with Gasteiger partial charge in [-0.3, -0.25) is 9.59 Å². The van der Waals surface area contributed by atoms with Gasteiger partial charge in [-0.1, -0.05) is 0 Å². The molecule has 2 amide bonds. The zero-order valence-electron chi connectivity index (χ0n) is 11.2. The van der Waals surface area contributed by atoms with Crippen LogP contribution < -0.4 is 10.6 Å². The zero-order valence-corrected chi connectivity index (χ0v) is 11.2. The minimum absolute atomic E-state index is 0.0888. The molecule has 0 saturated heterocycles. The van der Waals surface area contributed by atoms with E-state index in [4.69, 9.17) is 4.42 Å². The van der Waals surface area contributed by atoms with Crippen LogP contribution in [0.15, 0.2) is 47.1 Å². The maximum Gasteiger partial charge on any atom is 0.251 e. The van der Waals surface area contributed by atoms with E-state index in [-0.39, 0.29) is 11.8 Å². The summed E-state index contributed by atoms with van der Waals surface area (Å²) in [5.74, 6) is 0.546. The Balaban J connectivity index is 1.86. The van der Waals surface area contributed by atoms with Crippen molar-refractivity contribution in [1.29, 1.82) is 0 Å². The third-order valence-electron chi connectivity index (χ3n) is 2.84. The molecule has 0 spiro atoms. The maximum absolute atomic E-state index is 11.8. The summed E-state index contributed by atoms with van der Waals surface area (Å²) in [7, 11) is 1.58. The van der Waals surface area contributed by atoms with E-state index in [0.29, 0.717) is 24.1 Å². The van der Waals surface area contributed by atoms with Crippen molar-refractivity contribution in [2.45, 2.75) is 12.8 Å². The highest BCUT2D eigenvalue weighted by molar-refractivity contribution is 5.95. The summed E-state index contributed by atoms with van der Waals surface area (Å²) in [5.41, 5.74) is 1.23. The van der Waals surface area contributed by atoms with Crippen LogP contribution in [0.3, 0.4) is 0 Å². The third-order valence-corrected chi connectivity index (χ3v) is 2.84. The van der Waals surface area contributed by atoms with E-state index < -0.39 is 0 Å². The monoisotopic (exact) mass is 272 g/mol. The lowest BCUT2D eigenvalue weighted by molar-refractivity contribution is -0.116. The number of aryl methyl sites for hydroxylation is 1. The number of amides is 2. The minimum atomic E-state index is -0.152. The van der Waals surface area contributed by atoms with Crippen LogP contribution in [-0.4, -0.2) is 18.9 Å². The summed E-state index contributed by atoms with van der Waals surface area (Å²) in [5, 5.41) is 5.32. The Hall–Kier alpha value is -2.56. The third kappa shape index (κ3) is 3.71. The predicted octanol–water partition coefficient (Wildman–Crippen LogP) is 2.21. The van der Waals surface area contributed by atoms with Gasteiger partial charge in [-0.2, -0.15) is 0 Å². The smallest absolute Gasteiger partial charge is 0.251 e. The number of carbonyl (C=O) groups excluding carboxylic acids is 2. The number of furan rings is 1. The number of carbonyl (C=O) groups is 2. The van der Waals surface area contributed by atoms with Crippen molar-refractivity contribution in [3.05, 3.63) is 54.0 Å². The Morgan fingerprint density at radius 3 is 2.50 bits per heavy atom. The summed E-state index contributed by atoms with van der Waals surface area (Å²) in [4.78, 5) is 23.1. The van der Waals surface area contributed by atoms with Crippen molar-refractivity contribution in [1.82, 2.24) is 5.32 Å². The highest BCUT2D eigenvalue weighted by atomic mass is 16.3. The lowest BCUT2D eigenvalue weighted by atomic mass is 10.2. The molecular weight excluding hydrogens is 256 g/mol. The average molecular weight is 272 g/mol. The van der Waals surface area contributed by atoms with Gasteiger partial charge < -0.3 is 15.1 Å². The van der Waals surface area contributed by atoms with Crippen molar-refractivity contribution >= 4 is 17.5 Å². The minimum Gasteiger partial charge on any atom is -0.469 e. The first-order valence-corrected chi connectivity index (χ1v) is 6.33. The summed E-state index contributed by atoms with van der Waals surface area (Å²) in [6.45, 7) is 0. The quantitative estimate of drug-likeness (QED) is 0.876. The molecule has 5 nitrogen and oxygen atoms in total. The topological polar surface area (TPSA) is 71.3 Å². The van der Waals surface area contributed by atoms with E-state index in [1.165, 1.54) is 0 Å². The van der Waals surface area contributed by atoms with Gasteiger partial charge in [-0.15, -0.1) is 0 Å². The van der Waals surface area contributed by atoms with Gasteiger partial charge in [0.1, 0.15) is 5.76 Å². The van der Waals surface area contributed by atoms with Crippen LogP contribution in [0.2, 0.25) is 0 Å². The van der Waals surface area contributed by atoms with Crippen LogP contribution in [0, 0.1) is 0 Å². The Morgan fingerprint density at radius 1 is 1.15 bits per heavy atom. The summed E-state index contributed by atoms with van der Waals surface area (Å²) in [6.07, 6.45) is 2.50. The fourth-order valence-corrected chi connectivity index (χ4v) is 1.76. The second kappa shape index (κ2) is 6.56. The molecule has 104 valence electrons. The van der Waals surface area contributed by atoms with E-state index in [9.17, 15) is 9.59 Å². The first kappa shape index (κ1) is 13.9. The number of benzene rings is 1. The molecule has 0 bridgehead atoms. The van der Waals surface area contributed by atoms with Crippen LogP contribution in [0.5, 0.6) is 0 Å². The SMILES string of the molecule is CNC(=O)c1ccc(NC(=O)CCc2ccco2)cc1. The van der Waals surface area contributed by atoms with Gasteiger partial charge >= 0.3 is 0 Å². The van der Waals surface area contributed by atoms with E-state index >= 15 is 0 Å². The Labute approximate surface area is 117 Å². The first-order chi connectivity index (χ1) is 9.69. The number of anilines is 1. The number of rotatable bonds is 5. The van der Waals surface area contributed by atoms with Crippen molar-refractivity contribution in [2.24, 2.45) is 0 Å². The first-order valence-electron chi connectivity index (χ1n) is 6.33. The molecule has 0 radical (unpaired) electrons. The van der Waals surface area contributed by atoms with Crippen LogP contribution in [0.1, 0.15) is 22.5 Å². The normalized spacial score (nSPS) is 10.1. The molecular formula is C15H16N2O3. The van der Waals surface area contributed by atoms with E-state index in [1.807, 2.05) is 6.07 Å². The summed E-state index contributed by atoms with van der Waals surface area (Å²) >= 11 is 0. The van der Waals surface area contributed by atoms with Gasteiger partial charge in [0.25, 0.3) is 5.91 Å². The molecule has 1 heterocycles. The van der Waals surface area contributed by atoms with Crippen LogP contribution >= 0.6 is 0 Å². The molecule has 1 aromatic carbocycles. The van der Waals surface area contributed by atoms with Gasteiger partial charge in [-0.25, -0.2) is 0 Å². The van der Waals surface area contributed by atoms with E-state index in [0.717, 1.165) is 5.76 Å². The number of hydrogen-bond donors (Lipinski definition) is 2. The number of hydrogen-bond acceptors (Lipinski definition) is 3. The van der Waals surface area contributed by atoms with Gasteiger partial charge in [0.05, 0.1) is 6.26 Å². The molecule has 2 rings (SSSR count). The second-order valence-corrected chi connectivity index (χ2v) is 4.28. The standard InChI is InChI=1S/C15H16N2O3/c1-16-15(19)11-4-6-12(7-5-11)17-14(18)9-8-13-3-2-10-20-13/h2-7,10H,8-9H2,1H3,(H,16,19)(H,17,18). The molecule has 0 aliphatic carbocycles. The molecule has 0 fully saturated rings. The predicted molar refractivity (Wildman–Crippen MR) is 75.5 cm³/mol. The van der Waals surface area contributed by atoms with Crippen molar-refractivity contribution < 1.29 is 14.0 Å². The van der Waals surface area contributed by atoms with Gasteiger partial charge in [0, 0.05) is 31.1 Å². The largest absolute Gasteiger partial charge is 0.469 e. The fraction of sp³-hybridized carbons (Fsp3) is 0.200. The molecule has 0 unspecified atom stereocenters. The van der Waals surface area contributed by atoms with Crippen LogP contribution in [0.25, 0.3) is 0 Å². The lowest BCUT2D eigenvalue weighted by Gasteiger charge is -2.05. The molecule has 0 aliphatic rings. The molecule has 2 aromatic rings. The van der Waals surface area contributed by atoms with Crippen LogP contribution in [0.4, 0.5) is 5.69 Å². The Kier molecular flexibility index (Phi) is 4.55. The molecule has 1 aromatic heterocycles. The summed E-state index contributed by atoms with van der Waals surface area (Å²) < 4.78 is 5.16. The van der Waals surface area contributed by atoms with Crippen molar-refractivity contribution in [3.8, 4) is 0 Å². The van der Waals surface area contributed by atoms with Crippen LogP contribution in [-0.2, 0) is 11.2 Å². The second-order valence-electron chi connectivity index (χ2n) is 4.28. The molecule has 5 heteroatoms. The van der Waals surface area contributed by atoms with Gasteiger partial charge in [0.15, 0.2) is 0 Å². The van der Waals surface area contributed by atoms with E-state index in [1.54, 1.807) is 43.6 Å². The van der Waals surface area contributed by atoms with Gasteiger partial charge in [-0.05, 0) is 36.4 Å².